The predicted octanol–water partition coefficient (Wildman–Crippen LogP) is 7.70. The highest BCUT2D eigenvalue weighted by molar-refractivity contribution is 5.72. The quantitative estimate of drug-likeness (QED) is 0.108. The number of nitrogens with one attached hydrogen (secondary N) is 1. The molecule has 0 aromatic carbocycles. The Bertz CT molecular complexity index is 1400. The Hall–Kier alpha value is -3.50. The zero-order chi connectivity index (χ0) is 32.6. The topological polar surface area (TPSA) is 97.2 Å². The average molecular weight is 625 g/mol. The third kappa shape index (κ3) is 8.61. The number of unbranched alkanes of at least 4 members (excludes halogenated alkanes) is 1. The second-order valence-electron chi connectivity index (χ2n) is 12.6. The lowest BCUT2D eigenvalue weighted by atomic mass is 9.73. The van der Waals surface area contributed by atoms with Crippen molar-refractivity contribution < 1.29 is 27.9 Å². The van der Waals surface area contributed by atoms with Gasteiger partial charge in [-0.1, -0.05) is 13.3 Å². The number of anilines is 2. The molecular formula is C35H48F2N5O3+. The molecule has 2 N–H and O–H groups in total. The van der Waals surface area contributed by atoms with Gasteiger partial charge in [0.1, 0.15) is 17.2 Å². The van der Waals surface area contributed by atoms with Gasteiger partial charge in [-0.3, -0.25) is 14.3 Å². The van der Waals surface area contributed by atoms with E-state index in [9.17, 15) is 18.7 Å². The zero-order valence-electron chi connectivity index (χ0n) is 27.2. The number of rotatable bonds is 14. The summed E-state index contributed by atoms with van der Waals surface area (Å²) in [6.07, 6.45) is 5.47. The molecule has 1 atom stereocenters. The smallest absolute Gasteiger partial charge is 0.313 e. The largest absolute Gasteiger partial charge is 0.415 e. The van der Waals surface area contributed by atoms with Crippen molar-refractivity contribution >= 4 is 17.6 Å². The number of aliphatic hydroxyl groups is 1. The molecule has 0 amide bonds. The van der Waals surface area contributed by atoms with E-state index in [1.165, 1.54) is 18.3 Å². The minimum Gasteiger partial charge on any atom is -0.415 e. The number of esters is 1. The Balaban J connectivity index is 1.37. The summed E-state index contributed by atoms with van der Waals surface area (Å²) in [6, 6.07) is 10.0. The summed E-state index contributed by atoms with van der Waals surface area (Å²) in [4.78, 5) is 26.4. The van der Waals surface area contributed by atoms with Gasteiger partial charge in [0.15, 0.2) is 0 Å². The summed E-state index contributed by atoms with van der Waals surface area (Å²) < 4.78 is 32.9. The van der Waals surface area contributed by atoms with Crippen molar-refractivity contribution in [3.05, 3.63) is 65.6 Å². The number of hydrogen-bond acceptors (Lipinski definition) is 7. The van der Waals surface area contributed by atoms with Gasteiger partial charge in [-0.2, -0.15) is 0 Å². The summed E-state index contributed by atoms with van der Waals surface area (Å²) in [5.41, 5.74) is 1.64. The highest BCUT2D eigenvalue weighted by Crippen LogP contribution is 2.41. The summed E-state index contributed by atoms with van der Waals surface area (Å²) in [6.45, 7) is 13.6. The van der Waals surface area contributed by atoms with E-state index in [1.807, 2.05) is 31.2 Å². The Morgan fingerprint density at radius 2 is 1.80 bits per heavy atom. The molecule has 10 heteroatoms. The van der Waals surface area contributed by atoms with Gasteiger partial charge in [-0.15, -0.1) is 0 Å². The van der Waals surface area contributed by atoms with Gasteiger partial charge >= 0.3 is 5.97 Å². The summed E-state index contributed by atoms with van der Waals surface area (Å²) in [7, 11) is 0. The Labute approximate surface area is 265 Å². The third-order valence-electron chi connectivity index (χ3n) is 9.50. The molecule has 1 fully saturated rings. The average Bonchev–Trinajstić information content (AvgIpc) is 3.05. The van der Waals surface area contributed by atoms with Crippen molar-refractivity contribution in [2.75, 3.05) is 31.7 Å². The second-order valence-corrected chi connectivity index (χ2v) is 12.6. The van der Waals surface area contributed by atoms with Crippen LogP contribution >= 0.6 is 0 Å². The summed E-state index contributed by atoms with van der Waals surface area (Å²) in [5.74, 6) is 0.469. The van der Waals surface area contributed by atoms with Gasteiger partial charge in [0.2, 0.25) is 6.73 Å². The van der Waals surface area contributed by atoms with Crippen LogP contribution in [0.15, 0.2) is 48.8 Å². The fourth-order valence-electron chi connectivity index (χ4n) is 6.21. The molecule has 0 bridgehead atoms. The zero-order valence-corrected chi connectivity index (χ0v) is 27.2. The van der Waals surface area contributed by atoms with Crippen molar-refractivity contribution in [3.8, 4) is 11.3 Å². The normalized spacial score (nSPS) is 18.4. The first-order valence-electron chi connectivity index (χ1n) is 16.2. The number of carbonyl (C=O) groups is 1. The van der Waals surface area contributed by atoms with Gasteiger partial charge in [0.05, 0.1) is 36.9 Å². The van der Waals surface area contributed by atoms with Crippen LogP contribution in [0.2, 0.25) is 0 Å². The number of aromatic nitrogens is 3. The van der Waals surface area contributed by atoms with Gasteiger partial charge in [0.25, 0.3) is 6.43 Å². The molecule has 3 aromatic rings. The molecular weight excluding hydrogens is 576 g/mol. The number of hydrogen-bond donors (Lipinski definition) is 2. The van der Waals surface area contributed by atoms with Crippen LogP contribution in [0.4, 0.5) is 20.4 Å². The Morgan fingerprint density at radius 1 is 1.07 bits per heavy atom. The Kier molecular flexibility index (Phi) is 11.6. The van der Waals surface area contributed by atoms with Crippen LogP contribution in [0.5, 0.6) is 0 Å². The molecule has 45 heavy (non-hydrogen) atoms. The molecule has 0 spiro atoms. The molecule has 1 aliphatic rings. The first kappa shape index (κ1) is 34.4. The van der Waals surface area contributed by atoms with E-state index in [4.69, 9.17) is 4.74 Å². The number of carbonyl (C=O) groups excluding carboxylic acids is 1. The highest BCUT2D eigenvalue weighted by Gasteiger charge is 2.39. The number of halogens is 2. The molecule has 3 heterocycles. The first-order valence-corrected chi connectivity index (χ1v) is 16.2. The van der Waals surface area contributed by atoms with Crippen LogP contribution in [-0.4, -0.2) is 56.9 Å². The lowest BCUT2D eigenvalue weighted by Crippen LogP contribution is -2.50. The number of pyridine rings is 3. The molecule has 0 saturated heterocycles. The second kappa shape index (κ2) is 15.2. The van der Waals surface area contributed by atoms with Gasteiger partial charge < -0.3 is 15.2 Å². The number of nitrogens with zero attached hydrogens (tertiary/aromatic N) is 4. The summed E-state index contributed by atoms with van der Waals surface area (Å²) in [5, 5.41) is 14.6. The Morgan fingerprint density at radius 3 is 2.42 bits per heavy atom. The summed E-state index contributed by atoms with van der Waals surface area (Å²) >= 11 is 0. The molecule has 8 nitrogen and oxygen atoms in total. The number of aryl methyl sites for hydroxylation is 1. The third-order valence-corrected chi connectivity index (χ3v) is 9.50. The predicted molar refractivity (Wildman–Crippen MR) is 172 cm³/mol. The van der Waals surface area contributed by atoms with Gasteiger partial charge in [0, 0.05) is 23.5 Å². The molecule has 1 saturated carbocycles. The molecule has 3 aromatic heterocycles. The highest BCUT2D eigenvalue weighted by atomic mass is 19.3. The van der Waals surface area contributed by atoms with Crippen molar-refractivity contribution in [1.82, 2.24) is 15.0 Å². The lowest BCUT2D eigenvalue weighted by Gasteiger charge is -2.38. The fraction of sp³-hybridized carbons (Fsp3) is 0.543. The molecule has 1 aliphatic carbocycles. The van der Waals surface area contributed by atoms with E-state index >= 15 is 0 Å². The van der Waals surface area contributed by atoms with E-state index in [-0.39, 0.29) is 29.2 Å². The van der Waals surface area contributed by atoms with Gasteiger partial charge in [-0.05, 0) is 108 Å². The van der Waals surface area contributed by atoms with Crippen LogP contribution in [0.3, 0.4) is 0 Å². The molecule has 0 unspecified atom stereocenters. The van der Waals surface area contributed by atoms with Crippen molar-refractivity contribution in [3.63, 3.8) is 0 Å². The number of quaternary nitrogens is 1. The fourth-order valence-corrected chi connectivity index (χ4v) is 6.21. The van der Waals surface area contributed by atoms with E-state index in [0.29, 0.717) is 49.6 Å². The molecule has 244 valence electrons. The maximum Gasteiger partial charge on any atom is 0.313 e. The van der Waals surface area contributed by atoms with Gasteiger partial charge in [-0.25, -0.2) is 18.7 Å². The van der Waals surface area contributed by atoms with E-state index in [1.54, 1.807) is 13.1 Å². The van der Waals surface area contributed by atoms with E-state index in [0.717, 1.165) is 48.1 Å². The molecule has 0 aliphatic heterocycles. The van der Waals surface area contributed by atoms with Crippen LogP contribution in [-0.2, 0) is 15.1 Å². The van der Waals surface area contributed by atoms with Crippen LogP contribution in [0.1, 0.15) is 89.5 Å². The number of ether oxygens (including phenoxy) is 1. The first-order chi connectivity index (χ1) is 21.5. The van der Waals surface area contributed by atoms with Crippen LogP contribution in [0, 0.1) is 18.8 Å². The maximum atomic E-state index is 13.1. The lowest BCUT2D eigenvalue weighted by molar-refractivity contribution is -0.940. The SMILES string of the molecule is CCCC[N+](CC)(CC)COC(=O)C1CCC([C@@](C)(O)c2ccc(-c3cc(C)cc(Nc4cc(C(F)F)ccn4)n3)cn2)CC1. The van der Waals surface area contributed by atoms with E-state index < -0.39 is 12.0 Å². The monoisotopic (exact) mass is 624 g/mol. The van der Waals surface area contributed by atoms with E-state index in [2.05, 4.69) is 41.0 Å². The van der Waals surface area contributed by atoms with Crippen LogP contribution < -0.4 is 5.32 Å². The minimum absolute atomic E-state index is 0.0324. The minimum atomic E-state index is -2.59. The molecule has 4 rings (SSSR count). The number of alkyl halides is 2. The van der Waals surface area contributed by atoms with Crippen molar-refractivity contribution in [1.29, 1.82) is 0 Å². The maximum absolute atomic E-state index is 13.1. The van der Waals surface area contributed by atoms with Crippen molar-refractivity contribution in [2.45, 2.75) is 85.2 Å². The van der Waals surface area contributed by atoms with Crippen molar-refractivity contribution in [2.24, 2.45) is 11.8 Å². The standard InChI is InChI=1S/C35H48F2N5O3/c1-6-9-18-42(7-2,8-3)23-45-34(43)25-10-13-28(14-11-25)35(5,44)30-15-12-27(22-39-30)29-19-24(4)20-32(40-29)41-31-21-26(33(36)37)16-17-38-31/h12,15-17,19-22,25,28,33,44H,6-11,13-14,18,23H2,1-5H3,(H,38,40,41)/q+1/t25?,28?,35-/m1/s1. The van der Waals surface area contributed by atoms with Crippen LogP contribution in [0.25, 0.3) is 11.3 Å². The molecule has 0 radical (unpaired) electrons.